The monoisotopic (exact) mass is 303 g/mol. The molecule has 1 amide bonds. The van der Waals surface area contributed by atoms with Crippen LogP contribution in [-0.4, -0.2) is 36.4 Å². The maximum Gasteiger partial charge on any atom is 0.272 e. The van der Waals surface area contributed by atoms with Gasteiger partial charge in [-0.1, -0.05) is 19.9 Å². The Labute approximate surface area is 129 Å². The number of carbonyl (C=O) groups is 1. The molecule has 0 aliphatic carbocycles. The van der Waals surface area contributed by atoms with Crippen molar-refractivity contribution in [1.29, 1.82) is 0 Å². The van der Waals surface area contributed by atoms with Crippen molar-refractivity contribution in [1.82, 2.24) is 9.88 Å². The minimum Gasteiger partial charge on any atom is -0.384 e. The Hall–Kier alpha value is -1.88. The van der Waals surface area contributed by atoms with Gasteiger partial charge in [0.15, 0.2) is 0 Å². The second kappa shape index (κ2) is 6.26. The van der Waals surface area contributed by atoms with E-state index in [1.165, 1.54) is 9.78 Å². The van der Waals surface area contributed by atoms with Gasteiger partial charge in [-0.25, -0.2) is 0 Å². The molecule has 0 aliphatic heterocycles. The molecular weight excluding hydrogens is 282 g/mol. The SMILES string of the molecule is CN(C)C(=O)c1cc(NCC(C)(C)c2cccs2)ccn1. The zero-order chi connectivity index (χ0) is 15.5. The van der Waals surface area contributed by atoms with Crippen molar-refractivity contribution in [3.63, 3.8) is 0 Å². The molecule has 0 radical (unpaired) electrons. The summed E-state index contributed by atoms with van der Waals surface area (Å²) in [5, 5.41) is 5.50. The number of rotatable bonds is 5. The molecule has 0 aromatic carbocycles. The van der Waals surface area contributed by atoms with Crippen molar-refractivity contribution in [2.45, 2.75) is 19.3 Å². The summed E-state index contributed by atoms with van der Waals surface area (Å²) in [6, 6.07) is 7.91. The molecule has 0 fully saturated rings. The molecule has 2 heterocycles. The maximum absolute atomic E-state index is 11.9. The highest BCUT2D eigenvalue weighted by Crippen LogP contribution is 2.27. The smallest absolute Gasteiger partial charge is 0.272 e. The van der Waals surface area contributed by atoms with Crippen molar-refractivity contribution in [3.8, 4) is 0 Å². The molecular formula is C16H21N3OS. The van der Waals surface area contributed by atoms with Gasteiger partial charge in [0, 0.05) is 42.8 Å². The number of nitrogens with one attached hydrogen (secondary N) is 1. The van der Waals surface area contributed by atoms with Crippen LogP contribution in [0.1, 0.15) is 29.2 Å². The number of aromatic nitrogens is 1. The van der Waals surface area contributed by atoms with E-state index in [1.54, 1.807) is 37.7 Å². The summed E-state index contributed by atoms with van der Waals surface area (Å²) in [6.45, 7) is 5.21. The molecule has 112 valence electrons. The Kier molecular flexibility index (Phi) is 4.63. The molecule has 21 heavy (non-hydrogen) atoms. The number of pyridine rings is 1. The van der Waals surface area contributed by atoms with Crippen LogP contribution in [0, 0.1) is 0 Å². The highest BCUT2D eigenvalue weighted by molar-refractivity contribution is 7.10. The summed E-state index contributed by atoms with van der Waals surface area (Å²) in [5.74, 6) is -0.0869. The molecule has 0 aliphatic rings. The number of hydrogen-bond donors (Lipinski definition) is 1. The highest BCUT2D eigenvalue weighted by atomic mass is 32.1. The van der Waals surface area contributed by atoms with Gasteiger partial charge in [0.05, 0.1) is 0 Å². The van der Waals surface area contributed by atoms with Gasteiger partial charge in [0.1, 0.15) is 5.69 Å². The Bertz CT molecular complexity index is 606. The van der Waals surface area contributed by atoms with Crippen LogP contribution in [0.4, 0.5) is 5.69 Å². The third-order valence-electron chi connectivity index (χ3n) is 3.31. The fourth-order valence-electron chi connectivity index (χ4n) is 1.96. The molecule has 2 rings (SSSR count). The van der Waals surface area contributed by atoms with E-state index in [9.17, 15) is 4.79 Å². The van der Waals surface area contributed by atoms with Gasteiger partial charge in [-0.05, 0) is 23.6 Å². The van der Waals surface area contributed by atoms with Crippen LogP contribution in [0.2, 0.25) is 0 Å². The van der Waals surface area contributed by atoms with Crippen molar-refractivity contribution in [2.75, 3.05) is 26.0 Å². The first-order valence-electron chi connectivity index (χ1n) is 6.86. The van der Waals surface area contributed by atoms with E-state index < -0.39 is 0 Å². The van der Waals surface area contributed by atoms with Crippen LogP contribution in [0.25, 0.3) is 0 Å². The molecule has 0 bridgehead atoms. The van der Waals surface area contributed by atoms with Crippen LogP contribution in [0.3, 0.4) is 0 Å². The Morgan fingerprint density at radius 3 is 2.76 bits per heavy atom. The van der Waals surface area contributed by atoms with E-state index in [2.05, 4.69) is 41.7 Å². The fourth-order valence-corrected chi connectivity index (χ4v) is 2.81. The summed E-state index contributed by atoms with van der Waals surface area (Å²) < 4.78 is 0. The molecule has 4 nitrogen and oxygen atoms in total. The predicted molar refractivity (Wildman–Crippen MR) is 88.1 cm³/mol. The third-order valence-corrected chi connectivity index (χ3v) is 4.54. The summed E-state index contributed by atoms with van der Waals surface area (Å²) >= 11 is 1.76. The molecule has 2 aromatic rings. The first kappa shape index (κ1) is 15.5. The van der Waals surface area contributed by atoms with Crippen molar-refractivity contribution in [3.05, 3.63) is 46.4 Å². The zero-order valence-corrected chi connectivity index (χ0v) is 13.7. The first-order valence-corrected chi connectivity index (χ1v) is 7.74. The minimum absolute atomic E-state index is 0.0448. The number of carbonyl (C=O) groups excluding carboxylic acids is 1. The fraction of sp³-hybridized carbons (Fsp3) is 0.375. The summed E-state index contributed by atoms with van der Waals surface area (Å²) in [4.78, 5) is 18.9. The first-order chi connectivity index (χ1) is 9.90. The van der Waals surface area contributed by atoms with Gasteiger partial charge >= 0.3 is 0 Å². The second-order valence-corrected chi connectivity index (χ2v) is 6.79. The van der Waals surface area contributed by atoms with Crippen molar-refractivity contribution >= 4 is 22.9 Å². The lowest BCUT2D eigenvalue weighted by molar-refractivity contribution is 0.0822. The van der Waals surface area contributed by atoms with E-state index in [4.69, 9.17) is 0 Å². The number of nitrogens with zero attached hydrogens (tertiary/aromatic N) is 2. The van der Waals surface area contributed by atoms with Gasteiger partial charge in [-0.15, -0.1) is 11.3 Å². The highest BCUT2D eigenvalue weighted by Gasteiger charge is 2.21. The molecule has 0 saturated carbocycles. The van der Waals surface area contributed by atoms with Crippen LogP contribution < -0.4 is 5.32 Å². The van der Waals surface area contributed by atoms with E-state index in [-0.39, 0.29) is 11.3 Å². The van der Waals surface area contributed by atoms with Crippen molar-refractivity contribution < 1.29 is 4.79 Å². The molecule has 5 heteroatoms. The molecule has 0 saturated heterocycles. The standard InChI is InChI=1S/C16H21N3OS/c1-16(2,14-6-5-9-21-14)11-18-12-7-8-17-13(10-12)15(20)19(3)4/h5-10H,11H2,1-4H3,(H,17,18). The quantitative estimate of drug-likeness (QED) is 0.922. The lowest BCUT2D eigenvalue weighted by Crippen LogP contribution is -2.27. The molecule has 2 aromatic heterocycles. The third kappa shape index (κ3) is 3.82. The summed E-state index contributed by atoms with van der Waals surface area (Å²) in [6.07, 6.45) is 1.66. The van der Waals surface area contributed by atoms with Gasteiger partial charge in [0.2, 0.25) is 0 Å². The number of amides is 1. The van der Waals surface area contributed by atoms with Crippen LogP contribution in [0.5, 0.6) is 0 Å². The Morgan fingerprint density at radius 2 is 2.14 bits per heavy atom. The predicted octanol–water partition coefficient (Wildman–Crippen LogP) is 3.23. The minimum atomic E-state index is -0.0869. The summed E-state index contributed by atoms with van der Waals surface area (Å²) in [7, 11) is 3.45. The topological polar surface area (TPSA) is 45.2 Å². The maximum atomic E-state index is 11.9. The Balaban J connectivity index is 2.07. The van der Waals surface area contributed by atoms with Gasteiger partial charge in [-0.2, -0.15) is 0 Å². The lowest BCUT2D eigenvalue weighted by atomic mass is 9.91. The number of anilines is 1. The average molecular weight is 303 g/mol. The van der Waals surface area contributed by atoms with Gasteiger partial charge < -0.3 is 10.2 Å². The lowest BCUT2D eigenvalue weighted by Gasteiger charge is -2.24. The van der Waals surface area contributed by atoms with Crippen molar-refractivity contribution in [2.24, 2.45) is 0 Å². The van der Waals surface area contributed by atoms with Gasteiger partial charge in [0.25, 0.3) is 5.91 Å². The van der Waals surface area contributed by atoms with Gasteiger partial charge in [-0.3, -0.25) is 9.78 Å². The second-order valence-electron chi connectivity index (χ2n) is 5.84. The number of hydrogen-bond acceptors (Lipinski definition) is 4. The number of thiophene rings is 1. The van der Waals surface area contributed by atoms with E-state index >= 15 is 0 Å². The van der Waals surface area contributed by atoms with E-state index in [0.29, 0.717) is 5.69 Å². The molecule has 1 N–H and O–H groups in total. The van der Waals surface area contributed by atoms with Crippen LogP contribution in [0.15, 0.2) is 35.8 Å². The largest absolute Gasteiger partial charge is 0.384 e. The average Bonchev–Trinajstić information content (AvgIpc) is 2.99. The zero-order valence-electron chi connectivity index (χ0n) is 12.9. The Morgan fingerprint density at radius 1 is 1.38 bits per heavy atom. The van der Waals surface area contributed by atoms with E-state index in [1.807, 2.05) is 6.07 Å². The molecule has 0 spiro atoms. The molecule has 0 atom stereocenters. The van der Waals surface area contributed by atoms with E-state index in [0.717, 1.165) is 12.2 Å². The summed E-state index contributed by atoms with van der Waals surface area (Å²) in [5.41, 5.74) is 1.42. The van der Waals surface area contributed by atoms with Crippen LogP contribution in [-0.2, 0) is 5.41 Å². The normalized spacial score (nSPS) is 11.2. The molecule has 0 unspecified atom stereocenters. The van der Waals surface area contributed by atoms with Crippen LogP contribution >= 0.6 is 11.3 Å².